The molecule has 0 heterocycles. The smallest absolute Gasteiger partial charge is 0.234 e. The first-order valence-corrected chi connectivity index (χ1v) is 6.12. The lowest BCUT2D eigenvalue weighted by Crippen LogP contribution is -1.84. The summed E-state index contributed by atoms with van der Waals surface area (Å²) in [4.78, 5) is 26.1. The Kier molecular flexibility index (Phi) is 12.2. The van der Waals surface area contributed by atoms with Gasteiger partial charge in [-0.15, -0.1) is 0 Å². The maximum Gasteiger partial charge on any atom is 0.234 e. The Balaban J connectivity index is 0.000000388. The predicted molar refractivity (Wildman–Crippen MR) is 72.6 cm³/mol. The molecule has 1 rings (SSSR count). The van der Waals surface area contributed by atoms with Gasteiger partial charge >= 0.3 is 0 Å². The summed E-state index contributed by atoms with van der Waals surface area (Å²) in [5.74, 6) is 0.322. The number of rotatable bonds is 7. The van der Waals surface area contributed by atoms with Crippen molar-refractivity contribution in [3.63, 3.8) is 0 Å². The van der Waals surface area contributed by atoms with E-state index < -0.39 is 0 Å². The summed E-state index contributed by atoms with van der Waals surface area (Å²) < 4.78 is 0. The average molecular weight is 262 g/mol. The highest BCUT2D eigenvalue weighted by molar-refractivity contribution is 5.32. The number of unbranched alkanes of at least 4 members (excludes halogenated alkanes) is 3. The van der Waals surface area contributed by atoms with E-state index in [-0.39, 0.29) is 0 Å². The van der Waals surface area contributed by atoms with Crippen molar-refractivity contribution < 1.29 is 14.7 Å². The molecule has 5 heteroatoms. The Morgan fingerprint density at radius 3 is 1.63 bits per heavy atom. The fourth-order valence-corrected chi connectivity index (χ4v) is 1.25. The summed E-state index contributed by atoms with van der Waals surface area (Å²) >= 11 is 0. The molecular weight excluding hydrogens is 244 g/mol. The van der Waals surface area contributed by atoms with Gasteiger partial charge in [-0.25, -0.2) is 19.6 Å². The molecule has 0 spiro atoms. The zero-order valence-corrected chi connectivity index (χ0v) is 10.8. The first-order chi connectivity index (χ1) is 9.31. The van der Waals surface area contributed by atoms with Crippen molar-refractivity contribution in [1.29, 1.82) is 0 Å². The second-order valence-corrected chi connectivity index (χ2v) is 3.70. The lowest BCUT2D eigenvalue weighted by Gasteiger charge is -1.93. The zero-order valence-electron chi connectivity index (χ0n) is 10.8. The van der Waals surface area contributed by atoms with Crippen LogP contribution in [0.15, 0.2) is 40.3 Å². The van der Waals surface area contributed by atoms with Crippen LogP contribution in [-0.2, 0) is 9.59 Å². The van der Waals surface area contributed by atoms with E-state index in [0.29, 0.717) is 18.8 Å². The van der Waals surface area contributed by atoms with Crippen LogP contribution in [-0.4, -0.2) is 30.4 Å². The minimum absolute atomic E-state index is 0.322. The maximum atomic E-state index is 9.63. The largest absolute Gasteiger partial charge is 0.508 e. The van der Waals surface area contributed by atoms with Crippen LogP contribution in [0, 0.1) is 0 Å². The summed E-state index contributed by atoms with van der Waals surface area (Å²) in [5.41, 5.74) is 0. The van der Waals surface area contributed by atoms with Crippen molar-refractivity contribution >= 4 is 12.2 Å². The van der Waals surface area contributed by atoms with E-state index in [1.165, 1.54) is 12.2 Å². The first kappa shape index (κ1) is 16.8. The molecule has 1 N–H and O–H groups in total. The molecule has 0 aliphatic rings. The molecule has 0 saturated carbocycles. The predicted octanol–water partition coefficient (Wildman–Crippen LogP) is 2.61. The number of hydrogen-bond acceptors (Lipinski definition) is 5. The highest BCUT2D eigenvalue weighted by Gasteiger charge is 1.87. The molecule has 19 heavy (non-hydrogen) atoms. The number of nitrogens with zero attached hydrogens (tertiary/aromatic N) is 2. The number of carbonyl (C=O) groups excluding carboxylic acids is 2. The van der Waals surface area contributed by atoms with Crippen LogP contribution in [0.25, 0.3) is 0 Å². The molecule has 0 fully saturated rings. The number of isocyanates is 2. The summed E-state index contributed by atoms with van der Waals surface area (Å²) in [6.45, 7) is 1.11. The van der Waals surface area contributed by atoms with Crippen molar-refractivity contribution in [2.75, 3.05) is 13.1 Å². The van der Waals surface area contributed by atoms with Crippen LogP contribution in [0.2, 0.25) is 0 Å². The van der Waals surface area contributed by atoms with Gasteiger partial charge in [0, 0.05) is 0 Å². The monoisotopic (exact) mass is 262 g/mol. The first-order valence-electron chi connectivity index (χ1n) is 6.12. The summed E-state index contributed by atoms with van der Waals surface area (Å²) in [5, 5.41) is 8.63. The topological polar surface area (TPSA) is 79.1 Å². The van der Waals surface area contributed by atoms with Gasteiger partial charge in [-0.3, -0.25) is 0 Å². The maximum absolute atomic E-state index is 9.63. The molecule has 0 aliphatic carbocycles. The lowest BCUT2D eigenvalue weighted by atomic mass is 10.2. The van der Waals surface area contributed by atoms with Crippen LogP contribution < -0.4 is 0 Å². The quantitative estimate of drug-likeness (QED) is 0.466. The van der Waals surface area contributed by atoms with E-state index in [1.54, 1.807) is 24.3 Å². The molecular formula is C14H18N2O3. The van der Waals surface area contributed by atoms with Crippen LogP contribution in [0.3, 0.4) is 0 Å². The molecule has 0 saturated heterocycles. The minimum atomic E-state index is 0.322. The Labute approximate surface area is 112 Å². The number of hydrogen-bond donors (Lipinski definition) is 1. The number of para-hydroxylation sites is 1. The Bertz CT molecular complexity index is 386. The number of benzene rings is 1. The van der Waals surface area contributed by atoms with Crippen LogP contribution >= 0.6 is 0 Å². The Hall–Kier alpha value is -2.22. The van der Waals surface area contributed by atoms with Gasteiger partial charge in [-0.1, -0.05) is 31.0 Å². The van der Waals surface area contributed by atoms with Gasteiger partial charge in [0.1, 0.15) is 5.75 Å². The van der Waals surface area contributed by atoms with Crippen LogP contribution in [0.1, 0.15) is 25.7 Å². The SMILES string of the molecule is O=C=NCCCCCCN=C=O.Oc1ccccc1. The van der Waals surface area contributed by atoms with Gasteiger partial charge in [0.2, 0.25) is 12.2 Å². The molecule has 1 aromatic rings. The number of aromatic hydroxyl groups is 1. The molecule has 1 aromatic carbocycles. The van der Waals surface area contributed by atoms with Gasteiger partial charge < -0.3 is 5.11 Å². The number of phenolic OH excluding ortho intramolecular Hbond substituents is 1. The third-order valence-electron chi connectivity index (χ3n) is 2.18. The minimum Gasteiger partial charge on any atom is -0.508 e. The summed E-state index contributed by atoms with van der Waals surface area (Å²) in [6.07, 6.45) is 6.80. The summed E-state index contributed by atoms with van der Waals surface area (Å²) in [7, 11) is 0. The van der Waals surface area contributed by atoms with Gasteiger partial charge in [0.25, 0.3) is 0 Å². The standard InChI is InChI=1S/C8H12N2O2.C6H6O/c11-7-9-5-3-1-2-4-6-10-8-12;7-6-4-2-1-3-5-6/h1-6H2;1-5,7H. The molecule has 0 amide bonds. The van der Waals surface area contributed by atoms with E-state index in [1.807, 2.05) is 6.07 Å². The van der Waals surface area contributed by atoms with Crippen molar-refractivity contribution in [2.45, 2.75) is 25.7 Å². The molecule has 102 valence electrons. The van der Waals surface area contributed by atoms with Gasteiger partial charge in [-0.05, 0) is 25.0 Å². The van der Waals surface area contributed by atoms with Gasteiger partial charge in [0.15, 0.2) is 0 Å². The highest BCUT2D eigenvalue weighted by Crippen LogP contribution is 2.02. The van der Waals surface area contributed by atoms with E-state index in [9.17, 15) is 9.59 Å². The normalized spacial score (nSPS) is 8.42. The Morgan fingerprint density at radius 1 is 0.842 bits per heavy atom. The number of phenols is 1. The van der Waals surface area contributed by atoms with E-state index in [0.717, 1.165) is 25.7 Å². The van der Waals surface area contributed by atoms with Crippen molar-refractivity contribution in [3.05, 3.63) is 30.3 Å². The number of aliphatic imine (C=N–C) groups is 2. The molecule has 5 nitrogen and oxygen atoms in total. The molecule has 0 aromatic heterocycles. The van der Waals surface area contributed by atoms with Crippen molar-refractivity contribution in [3.8, 4) is 5.75 Å². The van der Waals surface area contributed by atoms with Crippen molar-refractivity contribution in [2.24, 2.45) is 9.98 Å². The fourth-order valence-electron chi connectivity index (χ4n) is 1.25. The molecule has 0 atom stereocenters. The second kappa shape index (κ2) is 13.8. The van der Waals surface area contributed by atoms with Gasteiger partial charge in [-0.2, -0.15) is 0 Å². The van der Waals surface area contributed by atoms with Crippen LogP contribution in [0.5, 0.6) is 5.75 Å². The highest BCUT2D eigenvalue weighted by atomic mass is 16.3. The fraction of sp³-hybridized carbons (Fsp3) is 0.429. The van der Waals surface area contributed by atoms with E-state index in [2.05, 4.69) is 9.98 Å². The van der Waals surface area contributed by atoms with E-state index in [4.69, 9.17) is 5.11 Å². The Morgan fingerprint density at radius 2 is 1.32 bits per heavy atom. The van der Waals surface area contributed by atoms with Gasteiger partial charge in [0.05, 0.1) is 13.1 Å². The lowest BCUT2D eigenvalue weighted by molar-refractivity contribution is 0.475. The third-order valence-corrected chi connectivity index (χ3v) is 2.18. The summed E-state index contributed by atoms with van der Waals surface area (Å²) in [6, 6.07) is 8.71. The molecule has 0 radical (unpaired) electrons. The van der Waals surface area contributed by atoms with Crippen LogP contribution in [0.4, 0.5) is 0 Å². The zero-order chi connectivity index (χ0) is 14.2. The molecule has 0 aliphatic heterocycles. The molecule has 0 bridgehead atoms. The molecule has 0 unspecified atom stereocenters. The van der Waals surface area contributed by atoms with Crippen molar-refractivity contribution in [1.82, 2.24) is 0 Å². The second-order valence-electron chi connectivity index (χ2n) is 3.70. The average Bonchev–Trinajstić information content (AvgIpc) is 2.43. The van der Waals surface area contributed by atoms with E-state index >= 15 is 0 Å². The third kappa shape index (κ3) is 13.7.